The average molecular weight is 709 g/mol. The van der Waals surface area contributed by atoms with Crippen LogP contribution in [-0.4, -0.2) is 112 Å². The summed E-state index contributed by atoms with van der Waals surface area (Å²) in [6.07, 6.45) is -2.26. The second kappa shape index (κ2) is 13.9. The molecule has 2 aliphatic rings. The fraction of sp³-hybridized carbons (Fsp3) is 0.450. The van der Waals surface area contributed by atoms with Gasteiger partial charge in [0.1, 0.15) is 17.5 Å². The molecule has 21 nitrogen and oxygen atoms in total. The van der Waals surface area contributed by atoms with Gasteiger partial charge in [-0.15, -0.1) is 28.2 Å². The molecule has 1 fully saturated rings. The van der Waals surface area contributed by atoms with Crippen LogP contribution in [0, 0.1) is 0 Å². The lowest BCUT2D eigenvalue weighted by atomic mass is 10.0. The van der Waals surface area contributed by atoms with Crippen LogP contribution in [0.1, 0.15) is 24.6 Å². The zero-order chi connectivity index (χ0) is 33.1. The van der Waals surface area contributed by atoms with E-state index in [1.807, 2.05) is 0 Å². The second-order valence-electron chi connectivity index (χ2n) is 9.23. The number of β-lactam (4-membered cyclic amide) rings is 1. The first-order chi connectivity index (χ1) is 21.1. The fourth-order valence-corrected chi connectivity index (χ4v) is 7.46. The van der Waals surface area contributed by atoms with Crippen LogP contribution in [0.4, 0.5) is 9.93 Å². The highest BCUT2D eigenvalue weighted by atomic mass is 32.2. The van der Waals surface area contributed by atoms with Gasteiger partial charge >= 0.3 is 12.1 Å². The van der Waals surface area contributed by atoms with Crippen molar-refractivity contribution >= 4 is 80.0 Å². The van der Waals surface area contributed by atoms with Crippen LogP contribution < -0.4 is 22.1 Å². The zero-order valence-electron chi connectivity index (χ0n) is 22.5. The summed E-state index contributed by atoms with van der Waals surface area (Å²) in [5.74, 6) is -4.75. The highest BCUT2D eigenvalue weighted by Gasteiger charge is 2.54. The Balaban J connectivity index is 1.47. The number of thiazole rings is 1. The minimum atomic E-state index is -4.47. The minimum Gasteiger partial charge on any atom is -0.480 e. The van der Waals surface area contributed by atoms with Crippen LogP contribution in [0.25, 0.3) is 0 Å². The molecule has 0 unspecified atom stereocenters. The lowest BCUT2D eigenvalue weighted by Gasteiger charge is -2.49. The van der Waals surface area contributed by atoms with E-state index >= 15 is 0 Å². The number of carboxylic acids is 1. The number of aliphatic carboxylic acids is 1. The Hall–Kier alpha value is -4.04. The fourth-order valence-electron chi connectivity index (χ4n) is 3.98. The Morgan fingerprint density at radius 3 is 2.62 bits per heavy atom. The largest absolute Gasteiger partial charge is 0.512 e. The van der Waals surface area contributed by atoms with Gasteiger partial charge in [-0.25, -0.2) is 14.5 Å². The molecule has 9 N–H and O–H groups in total. The molecule has 2 aromatic heterocycles. The summed E-state index contributed by atoms with van der Waals surface area (Å²) in [7, 11) is -4.47. The van der Waals surface area contributed by atoms with E-state index in [-0.39, 0.29) is 46.2 Å². The highest BCUT2D eigenvalue weighted by molar-refractivity contribution is 8.01. The third kappa shape index (κ3) is 8.37. The maximum atomic E-state index is 13.3. The van der Waals surface area contributed by atoms with Gasteiger partial charge in [0.25, 0.3) is 16.0 Å². The number of tetrazole rings is 1. The number of rotatable bonds is 14. The van der Waals surface area contributed by atoms with Crippen LogP contribution in [0.2, 0.25) is 0 Å². The number of aromatic nitrogens is 5. The van der Waals surface area contributed by atoms with Gasteiger partial charge in [0, 0.05) is 28.9 Å². The third-order valence-electron chi connectivity index (χ3n) is 6.04. The molecule has 1 saturated heterocycles. The Morgan fingerprint density at radius 1 is 1.27 bits per heavy atom. The number of hydrogen-bond acceptors (Lipinski definition) is 17. The second-order valence-corrected chi connectivity index (χ2v) is 13.6. The van der Waals surface area contributed by atoms with E-state index in [2.05, 4.69) is 31.1 Å². The van der Waals surface area contributed by atoms with E-state index in [0.717, 1.165) is 44.4 Å². The van der Waals surface area contributed by atoms with Gasteiger partial charge in [0.15, 0.2) is 17.1 Å². The molecule has 45 heavy (non-hydrogen) atoms. The number of carbonyl (C=O) groups is 5. The summed E-state index contributed by atoms with van der Waals surface area (Å²) >= 11 is 3.04. The molecule has 3 amide bonds. The molecule has 4 rings (SSSR count). The monoisotopic (exact) mass is 708 g/mol. The van der Waals surface area contributed by atoms with E-state index in [1.54, 1.807) is 0 Å². The number of hydrogen-bond donors (Lipinski definition) is 7. The molecule has 4 heterocycles. The first-order valence-electron chi connectivity index (χ1n) is 12.3. The number of thioether (sulfide) groups is 2. The topological polar surface area (TPSA) is 325 Å². The summed E-state index contributed by atoms with van der Waals surface area (Å²) in [5, 5.41) is 34.4. The Labute approximate surface area is 264 Å². The standard InChI is InChI=1S/C20H24N10O11S4/c21-8(17(34)35)1-2-10(31)24-11(9-5-43-18(22)23-9)13(32)25-12-14(33)30-15(41-20(36)37)7(3-42-16(12)30)4-44-19-26-27-28-29(19)6-45(38,39)40/h5,8,11-12,16H,1-4,6,21H2,(H2,22,23)(H,24,31)(H,25,32)(H,34,35)(H,36,37)(H,38,39,40)/t8-,11+,12-,16+/m1/s1. The van der Waals surface area contributed by atoms with Gasteiger partial charge in [0.2, 0.25) is 22.9 Å². The summed E-state index contributed by atoms with van der Waals surface area (Å²) in [5.41, 5.74) is 11.5. The molecule has 0 radical (unpaired) electrons. The van der Waals surface area contributed by atoms with Gasteiger partial charge in [-0.2, -0.15) is 8.42 Å². The van der Waals surface area contributed by atoms with E-state index in [1.165, 1.54) is 5.38 Å². The number of nitrogens with zero attached hydrogens (tertiary/aromatic N) is 6. The van der Waals surface area contributed by atoms with Crippen LogP contribution in [0.3, 0.4) is 0 Å². The maximum absolute atomic E-state index is 13.3. The van der Waals surface area contributed by atoms with E-state index in [0.29, 0.717) is 5.57 Å². The first kappa shape index (κ1) is 33.8. The lowest BCUT2D eigenvalue weighted by molar-refractivity contribution is -0.149. The van der Waals surface area contributed by atoms with Crippen molar-refractivity contribution in [2.24, 2.45) is 5.73 Å². The summed E-state index contributed by atoms with van der Waals surface area (Å²) in [6, 6.07) is -3.87. The van der Waals surface area contributed by atoms with Crippen LogP contribution >= 0.6 is 34.9 Å². The number of nitrogens with one attached hydrogen (secondary N) is 2. The van der Waals surface area contributed by atoms with Crippen molar-refractivity contribution in [1.29, 1.82) is 0 Å². The first-order valence-corrected chi connectivity index (χ1v) is 16.9. The smallest absolute Gasteiger partial charge is 0.480 e. The van der Waals surface area contributed by atoms with Gasteiger partial charge in [0.05, 0.1) is 5.69 Å². The van der Waals surface area contributed by atoms with Crippen LogP contribution in [0.5, 0.6) is 0 Å². The number of carboxylic acid groups (broad SMARTS) is 2. The normalized spacial score (nSPS) is 19.2. The van der Waals surface area contributed by atoms with Crippen molar-refractivity contribution in [2.75, 3.05) is 17.2 Å². The molecule has 4 atom stereocenters. The molecule has 0 aliphatic carbocycles. The molecule has 25 heteroatoms. The van der Waals surface area contributed by atoms with Crippen molar-refractivity contribution < 1.29 is 51.9 Å². The number of amides is 3. The Morgan fingerprint density at radius 2 is 2.00 bits per heavy atom. The molecular weight excluding hydrogens is 685 g/mol. The number of ether oxygens (including phenoxy) is 1. The van der Waals surface area contributed by atoms with Gasteiger partial charge < -0.3 is 37.1 Å². The molecule has 0 aromatic carbocycles. The van der Waals surface area contributed by atoms with Gasteiger partial charge in [-0.05, 0) is 16.8 Å². The van der Waals surface area contributed by atoms with Crippen molar-refractivity contribution in [3.63, 3.8) is 0 Å². The average Bonchev–Trinajstić information content (AvgIpc) is 3.58. The molecule has 244 valence electrons. The molecule has 0 bridgehead atoms. The molecule has 0 spiro atoms. The predicted octanol–water partition coefficient (Wildman–Crippen LogP) is -2.00. The lowest BCUT2D eigenvalue weighted by Crippen LogP contribution is -2.70. The molecular formula is C20H24N10O11S4. The number of nitrogen functional groups attached to an aromatic ring is 1. The van der Waals surface area contributed by atoms with Crippen LogP contribution in [-0.2, 0) is 39.9 Å². The Kier molecular flexibility index (Phi) is 10.5. The van der Waals surface area contributed by atoms with Crippen LogP contribution in [0.15, 0.2) is 22.0 Å². The van der Waals surface area contributed by atoms with Crippen molar-refractivity contribution in [3.05, 3.63) is 22.5 Å². The Bertz CT molecular complexity index is 1640. The SMILES string of the molecule is Nc1nc([C@H](NC(=O)CC[C@@H](N)C(=O)O)C(=O)N[C@@H]2C(=O)N3C(OC(=O)O)=C(CSc4nnnn4CS(=O)(=O)O)CS[C@@H]23)cs1. The van der Waals surface area contributed by atoms with Crippen molar-refractivity contribution in [2.45, 2.75) is 47.4 Å². The number of carbonyl (C=O) groups excluding carboxylic acids is 3. The summed E-state index contributed by atoms with van der Waals surface area (Å²) in [4.78, 5) is 66.6. The van der Waals surface area contributed by atoms with Crippen molar-refractivity contribution in [1.82, 2.24) is 40.7 Å². The molecule has 2 aliphatic heterocycles. The van der Waals surface area contributed by atoms with Gasteiger partial charge in [-0.3, -0.25) is 28.6 Å². The van der Waals surface area contributed by atoms with E-state index in [4.69, 9.17) is 25.9 Å². The highest BCUT2D eigenvalue weighted by Crippen LogP contribution is 2.42. The number of nitrogens with two attached hydrogens (primary N) is 2. The third-order valence-corrected chi connectivity index (χ3v) is 9.68. The zero-order valence-corrected chi connectivity index (χ0v) is 25.8. The number of anilines is 1. The minimum absolute atomic E-state index is 0.0253. The predicted molar refractivity (Wildman–Crippen MR) is 154 cm³/mol. The van der Waals surface area contributed by atoms with Gasteiger partial charge in [-0.1, -0.05) is 11.8 Å². The number of fused-ring (bicyclic) bond motifs is 1. The molecule has 2 aromatic rings. The van der Waals surface area contributed by atoms with E-state index < -0.39 is 69.3 Å². The maximum Gasteiger partial charge on any atom is 0.512 e. The van der Waals surface area contributed by atoms with E-state index in [9.17, 15) is 37.5 Å². The molecule has 0 saturated carbocycles. The van der Waals surface area contributed by atoms with Crippen molar-refractivity contribution in [3.8, 4) is 0 Å². The summed E-state index contributed by atoms with van der Waals surface area (Å²) in [6.45, 7) is 0. The summed E-state index contributed by atoms with van der Waals surface area (Å²) < 4.78 is 37.2. The quantitative estimate of drug-likeness (QED) is 0.0483.